The van der Waals surface area contributed by atoms with Crippen LogP contribution in [0.4, 0.5) is 0 Å². The highest BCUT2D eigenvalue weighted by atomic mass is 14.9. The van der Waals surface area contributed by atoms with E-state index in [2.05, 4.69) is 36.5 Å². The maximum atomic E-state index is 3.76. The number of hydrogen-bond acceptors (Lipinski definition) is 1. The van der Waals surface area contributed by atoms with Crippen molar-refractivity contribution in [3.63, 3.8) is 0 Å². The van der Waals surface area contributed by atoms with E-state index < -0.39 is 0 Å². The molecule has 0 heterocycles. The molecule has 116 valence electrons. The van der Waals surface area contributed by atoms with Crippen molar-refractivity contribution in [2.75, 3.05) is 6.54 Å². The maximum Gasteiger partial charge on any atom is 0.00728 e. The van der Waals surface area contributed by atoms with Gasteiger partial charge in [-0.1, -0.05) is 50.5 Å². The molecule has 3 rings (SSSR count). The van der Waals surface area contributed by atoms with E-state index in [9.17, 15) is 0 Å². The predicted molar refractivity (Wildman–Crippen MR) is 90.9 cm³/mol. The lowest BCUT2D eigenvalue weighted by atomic mass is 9.79. The van der Waals surface area contributed by atoms with Gasteiger partial charge < -0.3 is 5.32 Å². The summed E-state index contributed by atoms with van der Waals surface area (Å²) in [5.74, 6) is 1.64. The third-order valence-electron chi connectivity index (χ3n) is 5.59. The van der Waals surface area contributed by atoms with Crippen LogP contribution < -0.4 is 5.32 Å². The summed E-state index contributed by atoms with van der Waals surface area (Å²) in [7, 11) is 0. The van der Waals surface area contributed by atoms with Gasteiger partial charge in [-0.15, -0.1) is 0 Å². The molecule has 1 aromatic rings. The van der Waals surface area contributed by atoms with Crippen molar-refractivity contribution >= 4 is 0 Å². The van der Waals surface area contributed by atoms with Crippen molar-refractivity contribution in [3.05, 3.63) is 35.4 Å². The minimum absolute atomic E-state index is 0.740. The first kappa shape index (κ1) is 15.1. The predicted octanol–water partition coefficient (Wildman–Crippen LogP) is 5.37. The summed E-state index contributed by atoms with van der Waals surface area (Å²) >= 11 is 0. The summed E-state index contributed by atoms with van der Waals surface area (Å²) < 4.78 is 0. The SMILES string of the molecule is CCCNC1CCCCC(c2ccc(C3CCC3)cc2)C1. The van der Waals surface area contributed by atoms with E-state index in [-0.39, 0.29) is 0 Å². The number of nitrogens with one attached hydrogen (secondary N) is 1. The lowest BCUT2D eigenvalue weighted by Crippen LogP contribution is -2.30. The van der Waals surface area contributed by atoms with Crippen molar-refractivity contribution in [1.82, 2.24) is 5.32 Å². The summed E-state index contributed by atoms with van der Waals surface area (Å²) in [6.07, 6.45) is 12.4. The Morgan fingerprint density at radius 2 is 1.48 bits per heavy atom. The Hall–Kier alpha value is -0.820. The van der Waals surface area contributed by atoms with E-state index in [4.69, 9.17) is 0 Å². The van der Waals surface area contributed by atoms with E-state index in [1.54, 1.807) is 11.1 Å². The molecule has 0 bridgehead atoms. The average Bonchev–Trinajstić information content (AvgIpc) is 2.70. The molecule has 2 aliphatic rings. The summed E-state index contributed by atoms with van der Waals surface area (Å²) in [6.45, 7) is 3.44. The Morgan fingerprint density at radius 3 is 2.10 bits per heavy atom. The van der Waals surface area contributed by atoms with E-state index in [0.717, 1.165) is 17.9 Å². The zero-order valence-corrected chi connectivity index (χ0v) is 13.6. The molecule has 2 aliphatic carbocycles. The summed E-state index contributed by atoms with van der Waals surface area (Å²) in [5.41, 5.74) is 3.17. The van der Waals surface area contributed by atoms with Crippen LogP contribution in [0.25, 0.3) is 0 Å². The molecular formula is C20H31N. The van der Waals surface area contributed by atoms with E-state index in [1.165, 1.54) is 64.3 Å². The number of benzene rings is 1. The first-order valence-electron chi connectivity index (χ1n) is 9.20. The van der Waals surface area contributed by atoms with Crippen molar-refractivity contribution in [1.29, 1.82) is 0 Å². The normalized spacial score (nSPS) is 27.1. The Bertz CT molecular complexity index is 418. The zero-order valence-electron chi connectivity index (χ0n) is 13.6. The Balaban J connectivity index is 1.63. The summed E-state index contributed by atoms with van der Waals surface area (Å²) in [4.78, 5) is 0. The Kier molecular flexibility index (Phi) is 5.35. The molecule has 1 N–H and O–H groups in total. The van der Waals surface area contributed by atoms with Gasteiger partial charge in [0.15, 0.2) is 0 Å². The molecule has 0 amide bonds. The second-order valence-electron chi connectivity index (χ2n) is 7.16. The maximum absolute atomic E-state index is 3.76. The molecule has 2 saturated carbocycles. The topological polar surface area (TPSA) is 12.0 Å². The zero-order chi connectivity index (χ0) is 14.5. The van der Waals surface area contributed by atoms with Gasteiger partial charge in [0.1, 0.15) is 0 Å². The van der Waals surface area contributed by atoms with E-state index >= 15 is 0 Å². The van der Waals surface area contributed by atoms with Crippen LogP contribution in [-0.2, 0) is 0 Å². The fraction of sp³-hybridized carbons (Fsp3) is 0.700. The van der Waals surface area contributed by atoms with Gasteiger partial charge in [0.25, 0.3) is 0 Å². The van der Waals surface area contributed by atoms with Crippen LogP contribution in [0, 0.1) is 0 Å². The van der Waals surface area contributed by atoms with Crippen molar-refractivity contribution in [2.45, 2.75) is 82.6 Å². The van der Waals surface area contributed by atoms with Crippen molar-refractivity contribution < 1.29 is 0 Å². The van der Waals surface area contributed by atoms with Crippen LogP contribution in [0.5, 0.6) is 0 Å². The highest BCUT2D eigenvalue weighted by Gasteiger charge is 2.22. The van der Waals surface area contributed by atoms with Gasteiger partial charge in [0, 0.05) is 6.04 Å². The highest BCUT2D eigenvalue weighted by molar-refractivity contribution is 5.29. The first-order valence-corrected chi connectivity index (χ1v) is 9.20. The van der Waals surface area contributed by atoms with Gasteiger partial charge in [-0.05, 0) is 68.0 Å². The molecule has 1 aromatic carbocycles. The molecule has 21 heavy (non-hydrogen) atoms. The highest BCUT2D eigenvalue weighted by Crippen LogP contribution is 2.38. The monoisotopic (exact) mass is 285 g/mol. The van der Waals surface area contributed by atoms with Crippen LogP contribution >= 0.6 is 0 Å². The van der Waals surface area contributed by atoms with Gasteiger partial charge in [-0.2, -0.15) is 0 Å². The molecular weight excluding hydrogens is 254 g/mol. The third-order valence-corrected chi connectivity index (χ3v) is 5.59. The molecule has 2 atom stereocenters. The average molecular weight is 285 g/mol. The molecule has 0 spiro atoms. The molecule has 0 radical (unpaired) electrons. The van der Waals surface area contributed by atoms with Gasteiger partial charge in [-0.25, -0.2) is 0 Å². The fourth-order valence-electron chi connectivity index (χ4n) is 3.98. The molecule has 2 fully saturated rings. The van der Waals surface area contributed by atoms with Crippen LogP contribution in [0.1, 0.15) is 87.7 Å². The second kappa shape index (κ2) is 7.45. The van der Waals surface area contributed by atoms with E-state index in [0.29, 0.717) is 0 Å². The number of hydrogen-bond donors (Lipinski definition) is 1. The lowest BCUT2D eigenvalue weighted by Gasteiger charge is -2.26. The largest absolute Gasteiger partial charge is 0.314 e. The quantitative estimate of drug-likeness (QED) is 0.717. The minimum Gasteiger partial charge on any atom is -0.314 e. The molecule has 0 aromatic heterocycles. The standard InChI is InChI=1S/C20H31N/c1-2-14-21-20-9-4-3-6-19(15-20)18-12-10-17(11-13-18)16-7-5-8-16/h10-13,16,19-21H,2-9,14-15H2,1H3. The van der Waals surface area contributed by atoms with Gasteiger partial charge in [0.05, 0.1) is 0 Å². The molecule has 0 aliphatic heterocycles. The van der Waals surface area contributed by atoms with Crippen LogP contribution in [0.2, 0.25) is 0 Å². The van der Waals surface area contributed by atoms with Crippen molar-refractivity contribution in [2.24, 2.45) is 0 Å². The number of rotatable bonds is 5. The minimum atomic E-state index is 0.740. The summed E-state index contributed by atoms with van der Waals surface area (Å²) in [5, 5.41) is 3.76. The van der Waals surface area contributed by atoms with Crippen LogP contribution in [-0.4, -0.2) is 12.6 Å². The lowest BCUT2D eigenvalue weighted by molar-refractivity contribution is 0.419. The Morgan fingerprint density at radius 1 is 0.857 bits per heavy atom. The van der Waals surface area contributed by atoms with Crippen molar-refractivity contribution in [3.8, 4) is 0 Å². The van der Waals surface area contributed by atoms with Gasteiger partial charge >= 0.3 is 0 Å². The van der Waals surface area contributed by atoms with Gasteiger partial charge in [0.2, 0.25) is 0 Å². The Labute approximate surface area is 130 Å². The smallest absolute Gasteiger partial charge is 0.00728 e. The summed E-state index contributed by atoms with van der Waals surface area (Å²) in [6, 6.07) is 10.4. The van der Waals surface area contributed by atoms with Crippen LogP contribution in [0.15, 0.2) is 24.3 Å². The van der Waals surface area contributed by atoms with E-state index in [1.807, 2.05) is 0 Å². The molecule has 0 saturated heterocycles. The molecule has 1 heteroatoms. The van der Waals surface area contributed by atoms with Gasteiger partial charge in [-0.3, -0.25) is 0 Å². The molecule has 1 nitrogen and oxygen atoms in total. The fourth-order valence-corrected chi connectivity index (χ4v) is 3.98. The first-order chi connectivity index (χ1) is 10.4. The van der Waals surface area contributed by atoms with Crippen LogP contribution in [0.3, 0.4) is 0 Å². The second-order valence-corrected chi connectivity index (χ2v) is 7.16. The third kappa shape index (κ3) is 3.88. The molecule has 2 unspecified atom stereocenters.